The molecule has 34 heavy (non-hydrogen) atoms. The summed E-state index contributed by atoms with van der Waals surface area (Å²) in [6.45, 7) is 1.49. The summed E-state index contributed by atoms with van der Waals surface area (Å²) in [4.78, 5) is 5.14. The molecule has 0 amide bonds. The summed E-state index contributed by atoms with van der Waals surface area (Å²) in [6, 6.07) is 41.4. The van der Waals surface area contributed by atoms with Gasteiger partial charge in [0.05, 0.1) is 6.04 Å². The molecule has 4 aromatic carbocycles. The minimum absolute atomic E-state index is 0.0647. The molecule has 0 saturated heterocycles. The molecule has 6 rings (SSSR count). The quantitative estimate of drug-likeness (QED) is 0.359. The van der Waals surface area contributed by atoms with Gasteiger partial charge in [0.1, 0.15) is 12.6 Å². The molecular weight excluding hydrogens is 435 g/mol. The minimum atomic E-state index is -0.745. The monoisotopic (exact) mass is 462 g/mol. The third kappa shape index (κ3) is 4.18. The van der Waals surface area contributed by atoms with Gasteiger partial charge < -0.3 is 4.74 Å². The van der Waals surface area contributed by atoms with Gasteiger partial charge in [0.25, 0.3) is 0 Å². The molecule has 0 N–H and O–H groups in total. The molecule has 2 aliphatic heterocycles. The molecule has 0 aromatic heterocycles. The minimum Gasteiger partial charge on any atom is -0.477 e. The van der Waals surface area contributed by atoms with Gasteiger partial charge in [-0.05, 0) is 33.7 Å². The highest BCUT2D eigenvalue weighted by Crippen LogP contribution is 2.45. The fraction of sp³-hybridized carbons (Fsp3) is 0.167. The SMILES string of the molecule is c1ccc([C@H]2COC([C@@H]3Cc4ccccc4CN3P(c3ccccc3)c3ccccc3)=N2)cc1. The third-order valence-corrected chi connectivity index (χ3v) is 9.13. The molecule has 4 aromatic rings. The van der Waals surface area contributed by atoms with E-state index in [1.165, 1.54) is 27.3 Å². The van der Waals surface area contributed by atoms with Crippen molar-refractivity contribution < 1.29 is 4.74 Å². The average Bonchev–Trinajstić information content (AvgIpc) is 3.41. The van der Waals surface area contributed by atoms with Crippen LogP contribution in [-0.4, -0.2) is 23.2 Å². The first-order valence-corrected chi connectivity index (χ1v) is 13.2. The normalized spacial score (nSPS) is 20.0. The first-order valence-electron chi connectivity index (χ1n) is 11.9. The summed E-state index contributed by atoms with van der Waals surface area (Å²) in [5.74, 6) is 0.878. The van der Waals surface area contributed by atoms with Gasteiger partial charge in [0.2, 0.25) is 5.90 Å². The summed E-state index contributed by atoms with van der Waals surface area (Å²) >= 11 is 0. The highest BCUT2D eigenvalue weighted by molar-refractivity contribution is 7.70. The number of rotatable bonds is 5. The van der Waals surface area contributed by atoms with Gasteiger partial charge in [0.15, 0.2) is 0 Å². The molecule has 4 heteroatoms. The highest BCUT2D eigenvalue weighted by Gasteiger charge is 2.39. The van der Waals surface area contributed by atoms with E-state index in [4.69, 9.17) is 9.73 Å². The fourth-order valence-corrected chi connectivity index (χ4v) is 7.49. The lowest BCUT2D eigenvalue weighted by Crippen LogP contribution is -2.45. The fourth-order valence-electron chi connectivity index (χ4n) is 4.94. The predicted octanol–water partition coefficient (Wildman–Crippen LogP) is 5.63. The van der Waals surface area contributed by atoms with Crippen molar-refractivity contribution in [2.75, 3.05) is 6.61 Å². The van der Waals surface area contributed by atoms with Gasteiger partial charge in [-0.3, -0.25) is 4.67 Å². The maximum atomic E-state index is 6.35. The largest absolute Gasteiger partial charge is 0.477 e. The van der Waals surface area contributed by atoms with Crippen molar-refractivity contribution in [3.63, 3.8) is 0 Å². The lowest BCUT2D eigenvalue weighted by Gasteiger charge is -2.41. The molecule has 0 fully saturated rings. The average molecular weight is 463 g/mol. The maximum Gasteiger partial charge on any atom is 0.202 e. The summed E-state index contributed by atoms with van der Waals surface area (Å²) in [5.41, 5.74) is 4.01. The lowest BCUT2D eigenvalue weighted by atomic mass is 9.96. The molecule has 168 valence electrons. The Kier molecular flexibility index (Phi) is 5.97. The van der Waals surface area contributed by atoms with Gasteiger partial charge in [-0.2, -0.15) is 0 Å². The van der Waals surface area contributed by atoms with Crippen LogP contribution in [0, 0.1) is 0 Å². The van der Waals surface area contributed by atoms with Crippen molar-refractivity contribution >= 4 is 24.6 Å². The Morgan fingerprint density at radius 2 is 1.24 bits per heavy atom. The van der Waals surface area contributed by atoms with E-state index in [-0.39, 0.29) is 12.1 Å². The molecule has 0 spiro atoms. The van der Waals surface area contributed by atoms with E-state index in [0.717, 1.165) is 18.9 Å². The predicted molar refractivity (Wildman–Crippen MR) is 141 cm³/mol. The first-order chi connectivity index (χ1) is 16.9. The topological polar surface area (TPSA) is 24.8 Å². The number of aliphatic imine (C=N–C) groups is 1. The van der Waals surface area contributed by atoms with Crippen LogP contribution in [0.4, 0.5) is 0 Å². The van der Waals surface area contributed by atoms with Crippen LogP contribution in [0.25, 0.3) is 0 Å². The van der Waals surface area contributed by atoms with Crippen molar-refractivity contribution in [2.45, 2.75) is 25.0 Å². The van der Waals surface area contributed by atoms with Gasteiger partial charge in [-0.25, -0.2) is 4.99 Å². The molecule has 2 atom stereocenters. The smallest absolute Gasteiger partial charge is 0.202 e. The van der Waals surface area contributed by atoms with Crippen LogP contribution >= 0.6 is 8.07 Å². The number of nitrogens with zero attached hydrogens (tertiary/aromatic N) is 2. The van der Waals surface area contributed by atoms with Crippen LogP contribution in [0.5, 0.6) is 0 Å². The van der Waals surface area contributed by atoms with Crippen molar-refractivity contribution in [3.05, 3.63) is 132 Å². The van der Waals surface area contributed by atoms with Gasteiger partial charge >= 0.3 is 0 Å². The molecule has 3 nitrogen and oxygen atoms in total. The number of benzene rings is 4. The van der Waals surface area contributed by atoms with Crippen LogP contribution in [-0.2, 0) is 17.7 Å². The van der Waals surface area contributed by atoms with Gasteiger partial charge in [-0.15, -0.1) is 0 Å². The molecule has 2 heterocycles. The van der Waals surface area contributed by atoms with Crippen LogP contribution < -0.4 is 10.6 Å². The van der Waals surface area contributed by atoms with E-state index < -0.39 is 8.07 Å². The van der Waals surface area contributed by atoms with Crippen LogP contribution in [0.3, 0.4) is 0 Å². The van der Waals surface area contributed by atoms with Gasteiger partial charge in [0, 0.05) is 14.6 Å². The Balaban J connectivity index is 1.44. The van der Waals surface area contributed by atoms with E-state index in [1.807, 2.05) is 0 Å². The lowest BCUT2D eigenvalue weighted by molar-refractivity contribution is 0.272. The van der Waals surface area contributed by atoms with Crippen molar-refractivity contribution in [2.24, 2.45) is 4.99 Å². The Bertz CT molecular complexity index is 1240. The van der Waals surface area contributed by atoms with Crippen molar-refractivity contribution in [1.82, 2.24) is 4.67 Å². The zero-order valence-electron chi connectivity index (χ0n) is 19.0. The molecule has 2 aliphatic rings. The highest BCUT2D eigenvalue weighted by atomic mass is 31.1. The van der Waals surface area contributed by atoms with Gasteiger partial charge in [-0.1, -0.05) is 115 Å². The molecular formula is C30H27N2OP. The second kappa shape index (κ2) is 9.54. The van der Waals surface area contributed by atoms with Crippen LogP contribution in [0.1, 0.15) is 22.7 Å². The molecule has 0 bridgehead atoms. The van der Waals surface area contributed by atoms with Crippen molar-refractivity contribution in [3.8, 4) is 0 Å². The maximum absolute atomic E-state index is 6.35. The first kappa shape index (κ1) is 21.3. The summed E-state index contributed by atoms with van der Waals surface area (Å²) in [6.07, 6.45) is 0.912. The second-order valence-corrected chi connectivity index (χ2v) is 10.9. The Labute approximate surface area is 202 Å². The number of ether oxygens (including phenoxy) is 1. The molecule has 0 radical (unpaired) electrons. The summed E-state index contributed by atoms with van der Waals surface area (Å²) < 4.78 is 8.99. The van der Waals surface area contributed by atoms with Crippen molar-refractivity contribution in [1.29, 1.82) is 0 Å². The van der Waals surface area contributed by atoms with E-state index in [0.29, 0.717) is 6.61 Å². The van der Waals surface area contributed by atoms with E-state index in [1.54, 1.807) is 0 Å². The zero-order valence-corrected chi connectivity index (χ0v) is 19.9. The summed E-state index contributed by atoms with van der Waals surface area (Å²) in [7, 11) is -0.745. The van der Waals surface area contributed by atoms with E-state index in [2.05, 4.69) is 120 Å². The number of hydrogen-bond acceptors (Lipinski definition) is 3. The van der Waals surface area contributed by atoms with E-state index in [9.17, 15) is 0 Å². The number of fused-ring (bicyclic) bond motifs is 1. The number of hydrogen-bond donors (Lipinski definition) is 0. The Hall–Kier alpha value is -3.26. The molecule has 0 unspecified atom stereocenters. The standard InChI is InChI=1S/C30H27N2OP/c1-4-12-23(13-5-1)28-22-33-30(31-28)29-20-24-14-10-11-15-25(24)21-32(29)34(26-16-6-2-7-17-26)27-18-8-3-9-19-27/h1-19,28-29H,20-22H2/t28-,29+/m1/s1. The van der Waals surface area contributed by atoms with Crippen LogP contribution in [0.15, 0.2) is 120 Å². The van der Waals surface area contributed by atoms with Crippen LogP contribution in [0.2, 0.25) is 0 Å². The molecule has 0 saturated carbocycles. The Morgan fingerprint density at radius 3 is 1.88 bits per heavy atom. The Morgan fingerprint density at radius 1 is 0.676 bits per heavy atom. The molecule has 0 aliphatic carbocycles. The third-order valence-electron chi connectivity index (χ3n) is 6.62. The zero-order chi connectivity index (χ0) is 22.7. The summed E-state index contributed by atoms with van der Waals surface area (Å²) in [5, 5.41) is 2.71. The second-order valence-electron chi connectivity index (χ2n) is 8.77. The van der Waals surface area contributed by atoms with E-state index >= 15 is 0 Å².